The Morgan fingerprint density at radius 2 is 1.88 bits per heavy atom. The Kier molecular flexibility index (Phi) is 5.44. The zero-order valence-electron chi connectivity index (χ0n) is 9.32. The van der Waals surface area contributed by atoms with Gasteiger partial charge in [-0.2, -0.15) is 0 Å². The Balaban J connectivity index is 2.45. The van der Waals surface area contributed by atoms with Gasteiger partial charge in [0.05, 0.1) is 6.61 Å². The van der Waals surface area contributed by atoms with E-state index in [1.54, 1.807) is 0 Å². The highest BCUT2D eigenvalue weighted by Gasteiger charge is 1.98. The summed E-state index contributed by atoms with van der Waals surface area (Å²) in [6.45, 7) is 2.58. The summed E-state index contributed by atoms with van der Waals surface area (Å²) in [6, 6.07) is 7.43. The van der Waals surface area contributed by atoms with Crippen LogP contribution in [0, 0.1) is 0 Å². The topological polar surface area (TPSA) is 71.3 Å². The first kappa shape index (κ1) is 13.5. The molecule has 0 radical (unpaired) electrons. The Hall–Kier alpha value is -1.60. The van der Waals surface area contributed by atoms with Gasteiger partial charge in [0.15, 0.2) is 10.2 Å². The number of hydrogen-bond donors (Lipinski definition) is 4. The van der Waals surface area contributed by atoms with Crippen LogP contribution in [0.2, 0.25) is 0 Å². The molecule has 0 aliphatic heterocycles. The highest BCUT2D eigenvalue weighted by molar-refractivity contribution is 7.80. The standard InChI is InChI=1S/C10H14N4OS2/c1-2-15-8-5-3-7(4-6-8)12-10(17)14-13-9(11)16/h3-6H,2H2,1H3,(H3,11,13,16)(H2,12,14,17). The van der Waals surface area contributed by atoms with Crippen molar-refractivity contribution in [3.8, 4) is 5.75 Å². The first-order valence-electron chi connectivity index (χ1n) is 4.97. The number of hydrazine groups is 1. The minimum atomic E-state index is 0.126. The van der Waals surface area contributed by atoms with Gasteiger partial charge in [0.2, 0.25) is 0 Å². The van der Waals surface area contributed by atoms with Crippen LogP contribution in [0.3, 0.4) is 0 Å². The Labute approximate surface area is 111 Å². The van der Waals surface area contributed by atoms with Crippen molar-refractivity contribution in [3.63, 3.8) is 0 Å². The van der Waals surface area contributed by atoms with E-state index in [4.69, 9.17) is 22.7 Å². The molecule has 0 aromatic heterocycles. The average molecular weight is 270 g/mol. The first-order valence-corrected chi connectivity index (χ1v) is 5.78. The summed E-state index contributed by atoms with van der Waals surface area (Å²) in [7, 11) is 0. The van der Waals surface area contributed by atoms with E-state index in [0.717, 1.165) is 11.4 Å². The Bertz CT molecular complexity index is 394. The lowest BCUT2D eigenvalue weighted by Crippen LogP contribution is -2.46. The summed E-state index contributed by atoms with van der Waals surface area (Å²) in [5, 5.41) is 3.46. The molecule has 7 heteroatoms. The lowest BCUT2D eigenvalue weighted by atomic mass is 10.3. The van der Waals surface area contributed by atoms with Crippen LogP contribution < -0.4 is 26.6 Å². The van der Waals surface area contributed by atoms with Crippen LogP contribution in [0.1, 0.15) is 6.92 Å². The highest BCUT2D eigenvalue weighted by atomic mass is 32.1. The maximum absolute atomic E-state index is 5.32. The lowest BCUT2D eigenvalue weighted by Gasteiger charge is -2.11. The van der Waals surface area contributed by atoms with Crippen LogP contribution in [0.25, 0.3) is 0 Å². The van der Waals surface area contributed by atoms with Crippen molar-refractivity contribution in [3.05, 3.63) is 24.3 Å². The second-order valence-electron chi connectivity index (χ2n) is 3.03. The molecule has 0 saturated carbocycles. The van der Waals surface area contributed by atoms with E-state index in [-0.39, 0.29) is 5.11 Å². The monoisotopic (exact) mass is 270 g/mol. The highest BCUT2D eigenvalue weighted by Crippen LogP contribution is 2.15. The Morgan fingerprint density at radius 1 is 1.24 bits per heavy atom. The number of nitrogens with two attached hydrogens (primary N) is 1. The number of rotatable bonds is 3. The molecule has 92 valence electrons. The van der Waals surface area contributed by atoms with Crippen molar-refractivity contribution in [1.82, 2.24) is 10.9 Å². The van der Waals surface area contributed by atoms with Crippen molar-refractivity contribution >= 4 is 40.3 Å². The van der Waals surface area contributed by atoms with E-state index < -0.39 is 0 Å². The molecule has 0 saturated heterocycles. The largest absolute Gasteiger partial charge is 0.494 e. The van der Waals surface area contributed by atoms with E-state index in [2.05, 4.69) is 28.4 Å². The van der Waals surface area contributed by atoms with Crippen LogP contribution in [-0.2, 0) is 0 Å². The molecule has 0 bridgehead atoms. The molecule has 1 aromatic rings. The van der Waals surface area contributed by atoms with Gasteiger partial charge >= 0.3 is 0 Å². The maximum atomic E-state index is 5.32. The number of nitrogens with one attached hydrogen (secondary N) is 3. The second kappa shape index (κ2) is 6.87. The van der Waals surface area contributed by atoms with Crippen molar-refractivity contribution in [2.24, 2.45) is 5.73 Å². The van der Waals surface area contributed by atoms with E-state index in [0.29, 0.717) is 11.7 Å². The molecule has 5 N–H and O–H groups in total. The fourth-order valence-electron chi connectivity index (χ4n) is 1.08. The van der Waals surface area contributed by atoms with Crippen LogP contribution in [0.5, 0.6) is 5.75 Å². The van der Waals surface area contributed by atoms with E-state index in [1.165, 1.54) is 0 Å². The van der Waals surface area contributed by atoms with Crippen molar-refractivity contribution < 1.29 is 4.74 Å². The third-order valence-corrected chi connectivity index (χ3v) is 2.03. The third-order valence-electron chi connectivity index (χ3n) is 1.72. The van der Waals surface area contributed by atoms with Crippen LogP contribution in [0.4, 0.5) is 5.69 Å². The fraction of sp³-hybridized carbons (Fsp3) is 0.200. The SMILES string of the molecule is CCOc1ccc(NC(=S)NNC(N)=S)cc1. The minimum Gasteiger partial charge on any atom is -0.494 e. The molecule has 1 rings (SSSR count). The summed E-state index contributed by atoms with van der Waals surface area (Å²) in [4.78, 5) is 0. The molecule has 0 unspecified atom stereocenters. The molecule has 5 nitrogen and oxygen atoms in total. The molecular formula is C10H14N4OS2. The molecule has 1 aromatic carbocycles. The third kappa shape index (κ3) is 5.32. The number of benzene rings is 1. The minimum absolute atomic E-state index is 0.126. The molecular weight excluding hydrogens is 256 g/mol. The lowest BCUT2D eigenvalue weighted by molar-refractivity contribution is 0.340. The van der Waals surface area contributed by atoms with Gasteiger partial charge in [0, 0.05) is 5.69 Å². The molecule has 0 amide bonds. The molecule has 0 heterocycles. The van der Waals surface area contributed by atoms with Gasteiger partial charge in [0.1, 0.15) is 5.75 Å². The molecule has 0 aliphatic carbocycles. The van der Waals surface area contributed by atoms with E-state index >= 15 is 0 Å². The summed E-state index contributed by atoms with van der Waals surface area (Å²) in [5.74, 6) is 0.818. The fourth-order valence-corrected chi connectivity index (χ4v) is 1.30. The quantitative estimate of drug-likeness (QED) is 0.484. The van der Waals surface area contributed by atoms with Gasteiger partial charge in [-0.3, -0.25) is 10.9 Å². The van der Waals surface area contributed by atoms with Gasteiger partial charge in [-0.1, -0.05) is 0 Å². The number of ether oxygens (including phenoxy) is 1. The molecule has 0 fully saturated rings. The average Bonchev–Trinajstić information content (AvgIpc) is 2.29. The van der Waals surface area contributed by atoms with Crippen LogP contribution >= 0.6 is 24.4 Å². The molecule has 17 heavy (non-hydrogen) atoms. The normalized spacial score (nSPS) is 9.24. The maximum Gasteiger partial charge on any atom is 0.189 e. The number of hydrogen-bond acceptors (Lipinski definition) is 3. The predicted octanol–water partition coefficient (Wildman–Crippen LogP) is 1.12. The summed E-state index contributed by atoms with van der Waals surface area (Å²) < 4.78 is 5.32. The van der Waals surface area contributed by atoms with Gasteiger partial charge < -0.3 is 15.8 Å². The summed E-state index contributed by atoms with van der Waals surface area (Å²) in [6.07, 6.45) is 0. The zero-order valence-corrected chi connectivity index (χ0v) is 11.0. The smallest absolute Gasteiger partial charge is 0.189 e. The number of thiocarbonyl (C=S) groups is 2. The van der Waals surface area contributed by atoms with Gasteiger partial charge in [0.25, 0.3) is 0 Å². The zero-order chi connectivity index (χ0) is 12.7. The summed E-state index contributed by atoms with van der Waals surface area (Å²) in [5.41, 5.74) is 11.3. The van der Waals surface area contributed by atoms with Crippen molar-refractivity contribution in [2.45, 2.75) is 6.92 Å². The van der Waals surface area contributed by atoms with E-state index in [1.807, 2.05) is 31.2 Å². The number of anilines is 1. The Morgan fingerprint density at radius 3 is 2.41 bits per heavy atom. The van der Waals surface area contributed by atoms with Gasteiger partial charge in [-0.05, 0) is 55.6 Å². The molecule has 0 aliphatic rings. The predicted molar refractivity (Wildman–Crippen MR) is 76.9 cm³/mol. The summed E-state index contributed by atoms with van der Waals surface area (Å²) >= 11 is 9.63. The van der Waals surface area contributed by atoms with Crippen molar-refractivity contribution in [2.75, 3.05) is 11.9 Å². The second-order valence-corrected chi connectivity index (χ2v) is 3.87. The van der Waals surface area contributed by atoms with Gasteiger partial charge in [-0.25, -0.2) is 0 Å². The molecule has 0 atom stereocenters. The van der Waals surface area contributed by atoms with Gasteiger partial charge in [-0.15, -0.1) is 0 Å². The first-order chi connectivity index (χ1) is 8.11. The van der Waals surface area contributed by atoms with E-state index in [9.17, 15) is 0 Å². The van der Waals surface area contributed by atoms with Crippen LogP contribution in [0.15, 0.2) is 24.3 Å². The van der Waals surface area contributed by atoms with Crippen molar-refractivity contribution in [1.29, 1.82) is 0 Å². The van der Waals surface area contributed by atoms with Crippen LogP contribution in [-0.4, -0.2) is 16.8 Å². The molecule has 0 spiro atoms.